The monoisotopic (exact) mass is 250 g/mol. The van der Waals surface area contributed by atoms with Crippen LogP contribution in [0.25, 0.3) is 0 Å². The van der Waals surface area contributed by atoms with Crippen LogP contribution >= 0.6 is 0 Å². The number of hydrazine groups is 1. The average Bonchev–Trinajstić information content (AvgIpc) is 2.91. The highest BCUT2D eigenvalue weighted by molar-refractivity contribution is 5.00. The minimum absolute atomic E-state index is 0.329. The van der Waals surface area contributed by atoms with E-state index in [0.29, 0.717) is 17.4 Å². The molecule has 0 radical (unpaired) electrons. The summed E-state index contributed by atoms with van der Waals surface area (Å²) in [6.07, 6.45) is 8.74. The minimum Gasteiger partial charge on any atom is -0.335 e. The van der Waals surface area contributed by atoms with Gasteiger partial charge in [0.2, 0.25) is 0 Å². The van der Waals surface area contributed by atoms with Crippen molar-refractivity contribution in [3.8, 4) is 0 Å². The number of hydrogen-bond donors (Lipinski definition) is 2. The summed E-state index contributed by atoms with van der Waals surface area (Å²) in [6, 6.07) is 0.329. The van der Waals surface area contributed by atoms with Gasteiger partial charge in [0, 0.05) is 31.4 Å². The fraction of sp³-hybridized carbons (Fsp3) is 0.786. The van der Waals surface area contributed by atoms with Crippen molar-refractivity contribution in [3.05, 3.63) is 18.2 Å². The fourth-order valence-electron chi connectivity index (χ4n) is 3.43. The van der Waals surface area contributed by atoms with Gasteiger partial charge < -0.3 is 4.57 Å². The fourth-order valence-corrected chi connectivity index (χ4v) is 3.43. The van der Waals surface area contributed by atoms with Gasteiger partial charge in [-0.2, -0.15) is 0 Å². The van der Waals surface area contributed by atoms with E-state index in [4.69, 9.17) is 5.84 Å². The number of nitrogens with zero attached hydrogens (tertiary/aromatic N) is 2. The van der Waals surface area contributed by atoms with Gasteiger partial charge in [0.15, 0.2) is 0 Å². The first-order chi connectivity index (χ1) is 8.58. The summed E-state index contributed by atoms with van der Waals surface area (Å²) in [4.78, 5) is 4.46. The zero-order valence-electron chi connectivity index (χ0n) is 11.8. The Morgan fingerprint density at radius 2 is 2.39 bits per heavy atom. The maximum absolute atomic E-state index is 5.79. The second-order valence-corrected chi connectivity index (χ2v) is 6.09. The highest BCUT2D eigenvalue weighted by atomic mass is 15.2. The van der Waals surface area contributed by atoms with E-state index in [1.807, 2.05) is 12.4 Å². The number of rotatable bonds is 5. The van der Waals surface area contributed by atoms with Crippen molar-refractivity contribution in [2.45, 2.75) is 59.0 Å². The molecule has 1 aromatic heterocycles. The lowest BCUT2D eigenvalue weighted by Gasteiger charge is -2.33. The van der Waals surface area contributed by atoms with Crippen molar-refractivity contribution < 1.29 is 0 Å². The SMILES string of the molecule is CCn1ccnc1CC(NN)C1CCCC1(C)C. The van der Waals surface area contributed by atoms with Gasteiger partial charge in [0.05, 0.1) is 0 Å². The molecule has 2 rings (SSSR count). The van der Waals surface area contributed by atoms with Crippen LogP contribution in [-0.2, 0) is 13.0 Å². The zero-order chi connectivity index (χ0) is 13.2. The second kappa shape index (κ2) is 5.41. The van der Waals surface area contributed by atoms with Gasteiger partial charge in [-0.1, -0.05) is 20.3 Å². The lowest BCUT2D eigenvalue weighted by Crippen LogP contribution is -2.46. The van der Waals surface area contributed by atoms with Crippen LogP contribution in [0.15, 0.2) is 12.4 Å². The summed E-state index contributed by atoms with van der Waals surface area (Å²) >= 11 is 0. The molecule has 1 heterocycles. The molecule has 2 atom stereocenters. The Morgan fingerprint density at radius 1 is 1.61 bits per heavy atom. The summed E-state index contributed by atoms with van der Waals surface area (Å²) in [5.41, 5.74) is 3.43. The molecule has 2 unspecified atom stereocenters. The van der Waals surface area contributed by atoms with Gasteiger partial charge >= 0.3 is 0 Å². The first-order valence-corrected chi connectivity index (χ1v) is 7.04. The normalized spacial score (nSPS) is 24.3. The number of aryl methyl sites for hydroxylation is 1. The molecule has 0 bridgehead atoms. The minimum atomic E-state index is 0.329. The molecule has 102 valence electrons. The Balaban J connectivity index is 2.10. The first kappa shape index (κ1) is 13.6. The average molecular weight is 250 g/mol. The molecule has 3 N–H and O–H groups in total. The lowest BCUT2D eigenvalue weighted by atomic mass is 9.76. The number of nitrogens with two attached hydrogens (primary N) is 1. The molecule has 1 fully saturated rings. The summed E-state index contributed by atoms with van der Waals surface area (Å²) in [7, 11) is 0. The van der Waals surface area contributed by atoms with Crippen molar-refractivity contribution in [2.24, 2.45) is 17.2 Å². The number of nitrogens with one attached hydrogen (secondary N) is 1. The third kappa shape index (κ3) is 2.59. The van der Waals surface area contributed by atoms with E-state index < -0.39 is 0 Å². The molecule has 4 nitrogen and oxygen atoms in total. The topological polar surface area (TPSA) is 55.9 Å². The molecular formula is C14H26N4. The maximum Gasteiger partial charge on any atom is 0.110 e. The summed E-state index contributed by atoms with van der Waals surface area (Å²) < 4.78 is 2.20. The number of imidazole rings is 1. The van der Waals surface area contributed by atoms with Crippen LogP contribution in [0.5, 0.6) is 0 Å². The molecule has 0 aromatic carbocycles. The number of aromatic nitrogens is 2. The van der Waals surface area contributed by atoms with Gasteiger partial charge in [0.1, 0.15) is 5.82 Å². The Morgan fingerprint density at radius 3 is 2.94 bits per heavy atom. The van der Waals surface area contributed by atoms with E-state index in [-0.39, 0.29) is 0 Å². The van der Waals surface area contributed by atoms with E-state index in [1.54, 1.807) is 0 Å². The largest absolute Gasteiger partial charge is 0.335 e. The molecule has 0 aliphatic heterocycles. The smallest absolute Gasteiger partial charge is 0.110 e. The van der Waals surface area contributed by atoms with Crippen molar-refractivity contribution in [2.75, 3.05) is 0 Å². The predicted octanol–water partition coefficient (Wildman–Crippen LogP) is 2.10. The van der Waals surface area contributed by atoms with Crippen molar-refractivity contribution in [1.82, 2.24) is 15.0 Å². The second-order valence-electron chi connectivity index (χ2n) is 6.09. The van der Waals surface area contributed by atoms with Crippen LogP contribution in [0.2, 0.25) is 0 Å². The van der Waals surface area contributed by atoms with Crippen LogP contribution in [0.1, 0.15) is 45.9 Å². The van der Waals surface area contributed by atoms with Crippen molar-refractivity contribution in [3.63, 3.8) is 0 Å². The Labute approximate surface area is 110 Å². The summed E-state index contributed by atoms with van der Waals surface area (Å²) in [5.74, 6) is 7.58. The standard InChI is InChI=1S/C14H26N4/c1-4-18-9-8-16-13(18)10-12(17-15)11-6-5-7-14(11,2)3/h8-9,11-12,17H,4-7,10,15H2,1-3H3. The summed E-state index contributed by atoms with van der Waals surface area (Å²) in [6.45, 7) is 7.85. The van der Waals surface area contributed by atoms with E-state index in [2.05, 4.69) is 35.7 Å². The molecule has 1 aromatic rings. The van der Waals surface area contributed by atoms with Crippen LogP contribution in [-0.4, -0.2) is 15.6 Å². The van der Waals surface area contributed by atoms with E-state index in [1.165, 1.54) is 19.3 Å². The molecule has 18 heavy (non-hydrogen) atoms. The highest BCUT2D eigenvalue weighted by Gasteiger charge is 2.39. The molecule has 0 amide bonds. The molecule has 1 aliphatic carbocycles. The molecule has 1 aliphatic rings. The van der Waals surface area contributed by atoms with Crippen LogP contribution in [0.4, 0.5) is 0 Å². The quantitative estimate of drug-likeness (QED) is 0.621. The van der Waals surface area contributed by atoms with Gasteiger partial charge in [-0.05, 0) is 31.1 Å². The molecule has 0 spiro atoms. The predicted molar refractivity (Wildman–Crippen MR) is 73.8 cm³/mol. The van der Waals surface area contributed by atoms with Crippen molar-refractivity contribution >= 4 is 0 Å². The highest BCUT2D eigenvalue weighted by Crippen LogP contribution is 2.44. The molecule has 4 heteroatoms. The third-order valence-electron chi connectivity index (χ3n) is 4.58. The van der Waals surface area contributed by atoms with Gasteiger partial charge in [0.25, 0.3) is 0 Å². The van der Waals surface area contributed by atoms with Gasteiger partial charge in [-0.15, -0.1) is 0 Å². The maximum atomic E-state index is 5.79. The van der Waals surface area contributed by atoms with E-state index >= 15 is 0 Å². The zero-order valence-corrected chi connectivity index (χ0v) is 11.8. The molecular weight excluding hydrogens is 224 g/mol. The first-order valence-electron chi connectivity index (χ1n) is 7.04. The van der Waals surface area contributed by atoms with Crippen LogP contribution < -0.4 is 11.3 Å². The number of hydrogen-bond acceptors (Lipinski definition) is 3. The lowest BCUT2D eigenvalue weighted by molar-refractivity contribution is 0.194. The molecule has 0 saturated heterocycles. The van der Waals surface area contributed by atoms with Gasteiger partial charge in [-0.25, -0.2) is 4.98 Å². The molecule has 1 saturated carbocycles. The van der Waals surface area contributed by atoms with Crippen LogP contribution in [0.3, 0.4) is 0 Å². The Hall–Kier alpha value is -0.870. The van der Waals surface area contributed by atoms with E-state index in [0.717, 1.165) is 18.8 Å². The Bertz CT molecular complexity index is 383. The van der Waals surface area contributed by atoms with Crippen LogP contribution in [0, 0.1) is 11.3 Å². The van der Waals surface area contributed by atoms with E-state index in [9.17, 15) is 0 Å². The Kier molecular flexibility index (Phi) is 4.07. The third-order valence-corrected chi connectivity index (χ3v) is 4.58. The van der Waals surface area contributed by atoms with Gasteiger partial charge in [-0.3, -0.25) is 11.3 Å². The summed E-state index contributed by atoms with van der Waals surface area (Å²) in [5, 5.41) is 0. The van der Waals surface area contributed by atoms with Crippen molar-refractivity contribution in [1.29, 1.82) is 0 Å².